The number of hydrogen-bond acceptors (Lipinski definition) is 3. The quantitative estimate of drug-likeness (QED) is 0.730. The molecular formula is C12H22N4. The summed E-state index contributed by atoms with van der Waals surface area (Å²) in [5, 5.41) is 4.62. The molecule has 4 heteroatoms. The minimum Gasteiger partial charge on any atom is -0.339 e. The largest absolute Gasteiger partial charge is 0.339 e. The van der Waals surface area contributed by atoms with E-state index in [9.17, 15) is 0 Å². The molecule has 2 heterocycles. The first-order valence-electron chi connectivity index (χ1n) is 6.11. The van der Waals surface area contributed by atoms with Gasteiger partial charge in [0, 0.05) is 24.5 Å². The predicted octanol–water partition coefficient (Wildman–Crippen LogP) is 2.19. The molecule has 0 atom stereocenters. The minimum atomic E-state index is 0.0347. The molecule has 0 saturated carbocycles. The van der Waals surface area contributed by atoms with Crippen molar-refractivity contribution in [3.05, 3.63) is 5.82 Å². The molecule has 0 radical (unpaired) electrons. The van der Waals surface area contributed by atoms with Crippen molar-refractivity contribution < 1.29 is 0 Å². The lowest BCUT2D eigenvalue weighted by molar-refractivity contribution is 0.479. The van der Waals surface area contributed by atoms with Gasteiger partial charge in [0.1, 0.15) is 0 Å². The standard InChI is InChI=1S/C12H22N4/c1-9(2)15-7-6-8-16-11(15)13-10(14-16)12(3,4)5/h9H,6-8H2,1-5H3. The van der Waals surface area contributed by atoms with E-state index in [1.807, 2.05) is 0 Å². The molecule has 90 valence electrons. The lowest BCUT2D eigenvalue weighted by Crippen LogP contribution is -2.38. The molecule has 0 amide bonds. The Labute approximate surface area is 97.7 Å². The summed E-state index contributed by atoms with van der Waals surface area (Å²) in [7, 11) is 0. The van der Waals surface area contributed by atoms with Gasteiger partial charge in [-0.25, -0.2) is 4.68 Å². The molecule has 1 aliphatic heterocycles. The van der Waals surface area contributed by atoms with Crippen molar-refractivity contribution in [3.8, 4) is 0 Å². The van der Waals surface area contributed by atoms with Gasteiger partial charge in [0.2, 0.25) is 5.95 Å². The van der Waals surface area contributed by atoms with Crippen LogP contribution in [0.15, 0.2) is 0 Å². The van der Waals surface area contributed by atoms with E-state index in [1.54, 1.807) is 0 Å². The van der Waals surface area contributed by atoms with Gasteiger partial charge in [-0.15, -0.1) is 0 Å². The first kappa shape index (κ1) is 11.4. The van der Waals surface area contributed by atoms with Crippen LogP contribution in [-0.2, 0) is 12.0 Å². The average Bonchev–Trinajstić information content (AvgIpc) is 2.59. The number of aryl methyl sites for hydroxylation is 1. The Bertz CT molecular complexity index is 373. The van der Waals surface area contributed by atoms with Crippen molar-refractivity contribution in [2.75, 3.05) is 11.4 Å². The van der Waals surface area contributed by atoms with Crippen LogP contribution in [0.2, 0.25) is 0 Å². The van der Waals surface area contributed by atoms with Gasteiger partial charge in [-0.05, 0) is 20.3 Å². The van der Waals surface area contributed by atoms with Crippen LogP contribution in [0.5, 0.6) is 0 Å². The van der Waals surface area contributed by atoms with E-state index >= 15 is 0 Å². The summed E-state index contributed by atoms with van der Waals surface area (Å²) in [4.78, 5) is 7.04. The monoisotopic (exact) mass is 222 g/mol. The van der Waals surface area contributed by atoms with Gasteiger partial charge < -0.3 is 4.90 Å². The van der Waals surface area contributed by atoms with E-state index in [1.165, 1.54) is 0 Å². The molecule has 0 aliphatic carbocycles. The molecule has 1 aliphatic rings. The van der Waals surface area contributed by atoms with Crippen molar-refractivity contribution in [3.63, 3.8) is 0 Å². The highest BCUT2D eigenvalue weighted by Gasteiger charge is 2.27. The molecule has 0 unspecified atom stereocenters. The number of fused-ring (bicyclic) bond motifs is 1. The Morgan fingerprint density at radius 3 is 2.44 bits per heavy atom. The van der Waals surface area contributed by atoms with Crippen LogP contribution in [0.25, 0.3) is 0 Å². The molecule has 0 fully saturated rings. The molecule has 0 spiro atoms. The molecular weight excluding hydrogens is 200 g/mol. The minimum absolute atomic E-state index is 0.0347. The van der Waals surface area contributed by atoms with Crippen LogP contribution in [0.1, 0.15) is 46.9 Å². The number of nitrogens with zero attached hydrogens (tertiary/aromatic N) is 4. The Morgan fingerprint density at radius 2 is 1.88 bits per heavy atom. The Morgan fingerprint density at radius 1 is 1.19 bits per heavy atom. The van der Waals surface area contributed by atoms with E-state index in [0.29, 0.717) is 6.04 Å². The molecule has 2 rings (SSSR count). The zero-order chi connectivity index (χ0) is 11.9. The highest BCUT2D eigenvalue weighted by molar-refractivity contribution is 5.34. The second-order valence-electron chi connectivity index (χ2n) is 5.85. The molecule has 0 N–H and O–H groups in total. The van der Waals surface area contributed by atoms with E-state index in [2.05, 4.69) is 49.3 Å². The van der Waals surface area contributed by atoms with Crippen LogP contribution >= 0.6 is 0 Å². The van der Waals surface area contributed by atoms with Crippen LogP contribution in [-0.4, -0.2) is 27.4 Å². The maximum atomic E-state index is 4.70. The first-order valence-corrected chi connectivity index (χ1v) is 6.11. The second-order valence-corrected chi connectivity index (χ2v) is 5.85. The van der Waals surface area contributed by atoms with Gasteiger partial charge in [-0.2, -0.15) is 10.1 Å². The third kappa shape index (κ3) is 1.93. The lowest BCUT2D eigenvalue weighted by atomic mass is 9.96. The summed E-state index contributed by atoms with van der Waals surface area (Å²) in [5.41, 5.74) is 0.0347. The molecule has 0 bridgehead atoms. The fourth-order valence-corrected chi connectivity index (χ4v) is 1.99. The van der Waals surface area contributed by atoms with Crippen LogP contribution in [0.4, 0.5) is 5.95 Å². The smallest absolute Gasteiger partial charge is 0.224 e. The first-order chi connectivity index (χ1) is 7.39. The van der Waals surface area contributed by atoms with Crippen LogP contribution in [0, 0.1) is 0 Å². The molecule has 1 aromatic rings. The van der Waals surface area contributed by atoms with Gasteiger partial charge in [0.25, 0.3) is 0 Å². The van der Waals surface area contributed by atoms with Crippen molar-refractivity contribution >= 4 is 5.95 Å². The number of rotatable bonds is 1. The van der Waals surface area contributed by atoms with E-state index in [-0.39, 0.29) is 5.41 Å². The van der Waals surface area contributed by atoms with Gasteiger partial charge in [-0.1, -0.05) is 20.8 Å². The maximum Gasteiger partial charge on any atom is 0.224 e. The highest BCUT2D eigenvalue weighted by Crippen LogP contribution is 2.25. The summed E-state index contributed by atoms with van der Waals surface area (Å²) in [5.74, 6) is 2.00. The zero-order valence-corrected chi connectivity index (χ0v) is 11.0. The third-order valence-corrected chi connectivity index (χ3v) is 2.97. The summed E-state index contributed by atoms with van der Waals surface area (Å²) < 4.78 is 2.06. The van der Waals surface area contributed by atoms with Crippen LogP contribution < -0.4 is 4.90 Å². The van der Waals surface area contributed by atoms with E-state index < -0.39 is 0 Å². The van der Waals surface area contributed by atoms with E-state index in [4.69, 9.17) is 4.98 Å². The molecule has 1 aromatic heterocycles. The molecule has 4 nitrogen and oxygen atoms in total. The third-order valence-electron chi connectivity index (χ3n) is 2.97. The van der Waals surface area contributed by atoms with Crippen molar-refractivity contribution in [2.24, 2.45) is 0 Å². The number of anilines is 1. The predicted molar refractivity (Wildman–Crippen MR) is 65.8 cm³/mol. The van der Waals surface area contributed by atoms with Crippen molar-refractivity contribution in [1.82, 2.24) is 14.8 Å². The van der Waals surface area contributed by atoms with Gasteiger partial charge in [-0.3, -0.25) is 0 Å². The number of aromatic nitrogens is 3. The van der Waals surface area contributed by atoms with Crippen molar-refractivity contribution in [1.29, 1.82) is 0 Å². The average molecular weight is 222 g/mol. The van der Waals surface area contributed by atoms with Gasteiger partial charge in [0.05, 0.1) is 0 Å². The fraction of sp³-hybridized carbons (Fsp3) is 0.833. The summed E-state index contributed by atoms with van der Waals surface area (Å²) >= 11 is 0. The molecule has 16 heavy (non-hydrogen) atoms. The highest BCUT2D eigenvalue weighted by atomic mass is 15.5. The maximum absolute atomic E-state index is 4.70. The lowest BCUT2D eigenvalue weighted by Gasteiger charge is -2.31. The molecule has 0 aromatic carbocycles. The Kier molecular flexibility index (Phi) is 2.68. The summed E-state index contributed by atoms with van der Waals surface area (Å²) in [6, 6.07) is 0.496. The van der Waals surface area contributed by atoms with Gasteiger partial charge >= 0.3 is 0 Å². The second kappa shape index (κ2) is 3.75. The Balaban J connectivity index is 2.38. The summed E-state index contributed by atoms with van der Waals surface area (Å²) in [6.45, 7) is 13.0. The SMILES string of the molecule is CC(C)N1CCCn2nc(C(C)(C)C)nc21. The summed E-state index contributed by atoms with van der Waals surface area (Å²) in [6.07, 6.45) is 1.16. The Hall–Kier alpha value is -1.06. The number of hydrogen-bond donors (Lipinski definition) is 0. The van der Waals surface area contributed by atoms with Crippen LogP contribution in [0.3, 0.4) is 0 Å². The van der Waals surface area contributed by atoms with E-state index in [0.717, 1.165) is 31.3 Å². The zero-order valence-electron chi connectivity index (χ0n) is 11.0. The topological polar surface area (TPSA) is 34.0 Å². The van der Waals surface area contributed by atoms with Crippen molar-refractivity contribution in [2.45, 2.75) is 59.0 Å². The van der Waals surface area contributed by atoms with Gasteiger partial charge in [0.15, 0.2) is 5.82 Å². The fourth-order valence-electron chi connectivity index (χ4n) is 1.99. The molecule has 0 saturated heterocycles. The normalized spacial score (nSPS) is 16.8.